The van der Waals surface area contributed by atoms with Gasteiger partial charge in [0.05, 0.1) is 21.4 Å². The Morgan fingerprint density at radius 2 is 1.90 bits per heavy atom. The summed E-state index contributed by atoms with van der Waals surface area (Å²) in [6.07, 6.45) is 0. The van der Waals surface area contributed by atoms with Gasteiger partial charge in [0.2, 0.25) is 0 Å². The van der Waals surface area contributed by atoms with E-state index in [4.69, 9.17) is 11.6 Å². The van der Waals surface area contributed by atoms with Gasteiger partial charge in [0.1, 0.15) is 10.8 Å². The van der Waals surface area contributed by atoms with Gasteiger partial charge in [-0.25, -0.2) is 4.98 Å². The SMILES string of the molecule is O=c1[nH]c(-c2cccc(Cl)c2[N+](=O)[O-])nc2ccccc12. The number of halogens is 1. The maximum atomic E-state index is 12.0. The standard InChI is InChI=1S/C14H8ClN3O3/c15-10-6-3-5-9(12(10)18(20)21)13-16-11-7-2-1-4-8(11)14(19)17-13/h1-7H,(H,16,17,19). The summed E-state index contributed by atoms with van der Waals surface area (Å²) in [6, 6.07) is 11.3. The summed E-state index contributed by atoms with van der Waals surface area (Å²) in [5.41, 5.74) is 0.00310. The van der Waals surface area contributed by atoms with Gasteiger partial charge in [0, 0.05) is 0 Å². The minimum Gasteiger partial charge on any atom is -0.306 e. The Morgan fingerprint density at radius 1 is 1.14 bits per heavy atom. The first-order chi connectivity index (χ1) is 10.1. The molecule has 0 saturated carbocycles. The van der Waals surface area contributed by atoms with Crippen molar-refractivity contribution in [1.82, 2.24) is 9.97 Å². The molecule has 0 atom stereocenters. The molecule has 0 spiro atoms. The number of nitro benzene ring substituents is 1. The lowest BCUT2D eigenvalue weighted by atomic mass is 10.1. The number of hydrogen-bond donors (Lipinski definition) is 1. The van der Waals surface area contributed by atoms with Crippen molar-refractivity contribution in [2.45, 2.75) is 0 Å². The number of H-pyrrole nitrogens is 1. The summed E-state index contributed by atoms with van der Waals surface area (Å²) in [5, 5.41) is 11.6. The highest BCUT2D eigenvalue weighted by Crippen LogP contribution is 2.33. The van der Waals surface area contributed by atoms with E-state index in [1.807, 2.05) is 0 Å². The Morgan fingerprint density at radius 3 is 2.67 bits per heavy atom. The summed E-state index contributed by atoms with van der Waals surface area (Å²) in [5.74, 6) is 0.118. The Balaban J connectivity index is 2.34. The number of nitrogens with one attached hydrogen (secondary N) is 1. The van der Waals surface area contributed by atoms with Crippen LogP contribution in [0, 0.1) is 10.1 Å². The van der Waals surface area contributed by atoms with Crippen LogP contribution >= 0.6 is 11.6 Å². The van der Waals surface area contributed by atoms with E-state index >= 15 is 0 Å². The highest BCUT2D eigenvalue weighted by Gasteiger charge is 2.21. The molecule has 0 aliphatic carbocycles. The second-order valence-corrected chi connectivity index (χ2v) is 4.73. The fraction of sp³-hybridized carbons (Fsp3) is 0. The molecule has 1 heterocycles. The molecule has 0 aliphatic heterocycles. The first-order valence-corrected chi connectivity index (χ1v) is 6.38. The Kier molecular flexibility index (Phi) is 3.15. The molecule has 0 aliphatic rings. The zero-order valence-electron chi connectivity index (χ0n) is 10.5. The Labute approximate surface area is 123 Å². The molecule has 0 amide bonds. The lowest BCUT2D eigenvalue weighted by Gasteiger charge is -2.05. The molecule has 0 bridgehead atoms. The molecule has 1 N–H and O–H groups in total. The van der Waals surface area contributed by atoms with Gasteiger partial charge < -0.3 is 4.98 Å². The smallest absolute Gasteiger partial charge is 0.298 e. The van der Waals surface area contributed by atoms with Crippen molar-refractivity contribution in [3.63, 3.8) is 0 Å². The fourth-order valence-corrected chi connectivity index (χ4v) is 2.35. The van der Waals surface area contributed by atoms with Crippen LogP contribution in [0.2, 0.25) is 5.02 Å². The van der Waals surface area contributed by atoms with Crippen LogP contribution in [0.15, 0.2) is 47.3 Å². The van der Waals surface area contributed by atoms with Crippen LogP contribution < -0.4 is 5.56 Å². The molecular weight excluding hydrogens is 294 g/mol. The average molecular weight is 302 g/mol. The monoisotopic (exact) mass is 301 g/mol. The summed E-state index contributed by atoms with van der Waals surface area (Å²) >= 11 is 5.87. The molecule has 0 saturated heterocycles. The fourth-order valence-electron chi connectivity index (χ4n) is 2.11. The van der Waals surface area contributed by atoms with Crippen molar-refractivity contribution in [2.75, 3.05) is 0 Å². The van der Waals surface area contributed by atoms with Gasteiger partial charge in [-0.1, -0.05) is 29.8 Å². The molecule has 3 rings (SSSR count). The molecule has 0 fully saturated rings. The molecule has 3 aromatic rings. The number of rotatable bonds is 2. The third-order valence-electron chi connectivity index (χ3n) is 3.04. The van der Waals surface area contributed by atoms with Crippen molar-refractivity contribution in [3.8, 4) is 11.4 Å². The van der Waals surface area contributed by atoms with Gasteiger partial charge in [-0.15, -0.1) is 0 Å². The van der Waals surface area contributed by atoms with Gasteiger partial charge in [-0.05, 0) is 24.3 Å². The molecule has 1 aromatic heterocycles. The van der Waals surface area contributed by atoms with Gasteiger partial charge in [-0.3, -0.25) is 14.9 Å². The predicted octanol–water partition coefficient (Wildman–Crippen LogP) is 3.15. The van der Waals surface area contributed by atoms with Crippen LogP contribution in [0.25, 0.3) is 22.3 Å². The molecular formula is C14H8ClN3O3. The van der Waals surface area contributed by atoms with Crippen LogP contribution in [0.3, 0.4) is 0 Å². The number of aromatic amines is 1. The minimum atomic E-state index is -0.590. The summed E-state index contributed by atoms with van der Waals surface area (Å²) in [7, 11) is 0. The molecule has 0 radical (unpaired) electrons. The van der Waals surface area contributed by atoms with Crippen LogP contribution in [-0.4, -0.2) is 14.9 Å². The molecule has 2 aromatic carbocycles. The lowest BCUT2D eigenvalue weighted by molar-refractivity contribution is -0.384. The molecule has 0 unspecified atom stereocenters. The third kappa shape index (κ3) is 2.25. The number of fused-ring (bicyclic) bond motifs is 1. The normalized spacial score (nSPS) is 10.7. The van der Waals surface area contributed by atoms with Crippen molar-refractivity contribution >= 4 is 28.2 Å². The third-order valence-corrected chi connectivity index (χ3v) is 3.34. The number of aromatic nitrogens is 2. The van der Waals surface area contributed by atoms with Crippen LogP contribution in [0.1, 0.15) is 0 Å². The number of benzene rings is 2. The first-order valence-electron chi connectivity index (χ1n) is 6.00. The molecule has 21 heavy (non-hydrogen) atoms. The van der Waals surface area contributed by atoms with E-state index in [1.54, 1.807) is 30.3 Å². The highest BCUT2D eigenvalue weighted by molar-refractivity contribution is 6.33. The van der Waals surface area contributed by atoms with Crippen molar-refractivity contribution in [2.24, 2.45) is 0 Å². The van der Waals surface area contributed by atoms with Crippen molar-refractivity contribution < 1.29 is 4.92 Å². The van der Waals surface area contributed by atoms with E-state index in [0.29, 0.717) is 10.9 Å². The first kappa shape index (κ1) is 13.3. The largest absolute Gasteiger partial charge is 0.306 e. The van der Waals surface area contributed by atoms with Gasteiger partial charge in [0.25, 0.3) is 11.2 Å². The number of hydrogen-bond acceptors (Lipinski definition) is 4. The second kappa shape index (κ2) is 4.99. The minimum absolute atomic E-state index is 0.00620. The predicted molar refractivity (Wildman–Crippen MR) is 79.5 cm³/mol. The molecule has 6 nitrogen and oxygen atoms in total. The van der Waals surface area contributed by atoms with Gasteiger partial charge in [-0.2, -0.15) is 0 Å². The quantitative estimate of drug-likeness (QED) is 0.581. The Bertz CT molecular complexity index is 921. The maximum absolute atomic E-state index is 12.0. The van der Waals surface area contributed by atoms with E-state index in [0.717, 1.165) is 0 Å². The van der Waals surface area contributed by atoms with E-state index in [1.165, 1.54) is 12.1 Å². The summed E-state index contributed by atoms with van der Waals surface area (Å²) < 4.78 is 0. The zero-order chi connectivity index (χ0) is 15.0. The molecule has 7 heteroatoms. The maximum Gasteiger partial charge on any atom is 0.298 e. The van der Waals surface area contributed by atoms with Crippen LogP contribution in [-0.2, 0) is 0 Å². The van der Waals surface area contributed by atoms with E-state index in [2.05, 4.69) is 9.97 Å². The van der Waals surface area contributed by atoms with E-state index in [9.17, 15) is 14.9 Å². The lowest BCUT2D eigenvalue weighted by Crippen LogP contribution is -2.10. The van der Waals surface area contributed by atoms with Crippen LogP contribution in [0.4, 0.5) is 5.69 Å². The number of nitrogens with zero attached hydrogens (tertiary/aromatic N) is 2. The summed E-state index contributed by atoms with van der Waals surface area (Å²) in [6.45, 7) is 0. The van der Waals surface area contributed by atoms with Gasteiger partial charge in [0.15, 0.2) is 0 Å². The summed E-state index contributed by atoms with van der Waals surface area (Å²) in [4.78, 5) is 29.4. The van der Waals surface area contributed by atoms with Crippen LogP contribution in [0.5, 0.6) is 0 Å². The van der Waals surface area contributed by atoms with E-state index < -0.39 is 4.92 Å². The average Bonchev–Trinajstić information content (AvgIpc) is 2.46. The van der Waals surface area contributed by atoms with Gasteiger partial charge >= 0.3 is 0 Å². The zero-order valence-corrected chi connectivity index (χ0v) is 11.3. The molecule has 104 valence electrons. The van der Waals surface area contributed by atoms with Crippen molar-refractivity contribution in [3.05, 3.63) is 68.0 Å². The Hall–Kier alpha value is -2.73. The second-order valence-electron chi connectivity index (χ2n) is 4.32. The van der Waals surface area contributed by atoms with Crippen molar-refractivity contribution in [1.29, 1.82) is 0 Å². The number of para-hydroxylation sites is 2. The number of nitro groups is 1. The topological polar surface area (TPSA) is 88.9 Å². The van der Waals surface area contributed by atoms with E-state index in [-0.39, 0.29) is 27.7 Å². The highest BCUT2D eigenvalue weighted by atomic mass is 35.5.